The summed E-state index contributed by atoms with van der Waals surface area (Å²) in [6.07, 6.45) is 12.6. The first-order chi connectivity index (χ1) is 12.0. The molecular weight excluding hydrogens is 334 g/mol. The van der Waals surface area contributed by atoms with Crippen molar-refractivity contribution in [3.63, 3.8) is 0 Å². The van der Waals surface area contributed by atoms with Crippen LogP contribution in [0.5, 0.6) is 0 Å². The molecule has 0 spiro atoms. The largest absolute Gasteiger partial charge is 0.356 e. The van der Waals surface area contributed by atoms with E-state index in [2.05, 4.69) is 38.7 Å². The molecule has 6 nitrogen and oxygen atoms in total. The second-order valence-corrected chi connectivity index (χ2v) is 8.06. The van der Waals surface area contributed by atoms with Gasteiger partial charge in [0.2, 0.25) is 5.91 Å². The molecule has 0 radical (unpaired) electrons. The number of aromatic nitrogens is 1. The molecule has 0 atom stereocenters. The van der Waals surface area contributed by atoms with Gasteiger partial charge >= 0.3 is 0 Å². The van der Waals surface area contributed by atoms with Crippen LogP contribution in [0.3, 0.4) is 0 Å². The van der Waals surface area contributed by atoms with Crippen LogP contribution in [0, 0.1) is 12.3 Å². The van der Waals surface area contributed by atoms with Crippen molar-refractivity contribution in [2.24, 2.45) is 10.2 Å². The minimum atomic E-state index is -0.339. The normalized spacial score (nSPS) is 19.4. The summed E-state index contributed by atoms with van der Waals surface area (Å²) in [6, 6.07) is 0. The van der Waals surface area contributed by atoms with Gasteiger partial charge in [0.1, 0.15) is 0 Å². The fourth-order valence-electron chi connectivity index (χ4n) is 3.28. The van der Waals surface area contributed by atoms with E-state index in [1.807, 2.05) is 5.38 Å². The molecule has 3 rings (SSSR count). The number of carbonyl (C=O) groups excluding carboxylic acids is 1. The molecule has 0 unspecified atom stereocenters. The molecule has 0 saturated heterocycles. The van der Waals surface area contributed by atoms with Crippen molar-refractivity contribution < 1.29 is 4.79 Å². The van der Waals surface area contributed by atoms with E-state index in [0.29, 0.717) is 25.8 Å². The molecule has 1 aliphatic heterocycles. The average molecular weight is 359 g/mol. The molecule has 1 aromatic rings. The molecule has 25 heavy (non-hydrogen) atoms. The van der Waals surface area contributed by atoms with Gasteiger partial charge in [-0.2, -0.15) is 10.2 Å². The predicted octanol–water partition coefficient (Wildman–Crippen LogP) is 3.51. The summed E-state index contributed by atoms with van der Waals surface area (Å²) in [5.74, 6) is 2.59. The molecule has 1 saturated carbocycles. The lowest BCUT2D eigenvalue weighted by Gasteiger charge is -2.24. The molecule has 2 N–H and O–H groups in total. The Labute approximate surface area is 152 Å². The standard InChI is InChI=1S/C18H25N5OS/c1-3-4-9-18(22-23-18)10-11-19-15(24)12-14-13-25-16(20-14)21-17(2)7-5-6-8-17/h1,13H,4-12H2,2H3,(H,19,24)(H,20,21). The van der Waals surface area contributed by atoms with Crippen LogP contribution in [0.15, 0.2) is 15.6 Å². The molecule has 7 heteroatoms. The number of carbonyl (C=O) groups is 1. The van der Waals surface area contributed by atoms with Crippen molar-refractivity contribution in [2.75, 3.05) is 11.9 Å². The van der Waals surface area contributed by atoms with E-state index >= 15 is 0 Å². The van der Waals surface area contributed by atoms with E-state index in [0.717, 1.165) is 17.2 Å². The highest BCUT2D eigenvalue weighted by Gasteiger charge is 2.38. The summed E-state index contributed by atoms with van der Waals surface area (Å²) in [5, 5.41) is 17.5. The quantitative estimate of drug-likeness (QED) is 0.662. The van der Waals surface area contributed by atoms with Gasteiger partial charge in [-0.15, -0.1) is 23.7 Å². The molecule has 1 aliphatic carbocycles. The number of rotatable bonds is 9. The minimum absolute atomic E-state index is 0.0170. The zero-order valence-corrected chi connectivity index (χ0v) is 15.5. The van der Waals surface area contributed by atoms with Gasteiger partial charge in [-0.25, -0.2) is 4.98 Å². The van der Waals surface area contributed by atoms with E-state index in [4.69, 9.17) is 6.42 Å². The van der Waals surface area contributed by atoms with Crippen molar-refractivity contribution in [1.29, 1.82) is 0 Å². The third-order valence-electron chi connectivity index (χ3n) is 4.91. The lowest BCUT2D eigenvalue weighted by atomic mass is 10.0. The first-order valence-corrected chi connectivity index (χ1v) is 9.77. The third-order valence-corrected chi connectivity index (χ3v) is 5.72. The Kier molecular flexibility index (Phi) is 5.38. The lowest BCUT2D eigenvalue weighted by molar-refractivity contribution is -0.120. The molecule has 1 aromatic heterocycles. The minimum Gasteiger partial charge on any atom is -0.356 e. The SMILES string of the molecule is C#CCCC1(CCNC(=O)Cc2csc(NC3(C)CCCC3)n2)N=N1. The van der Waals surface area contributed by atoms with Crippen LogP contribution in [0.2, 0.25) is 0 Å². The van der Waals surface area contributed by atoms with Crippen molar-refractivity contribution >= 4 is 22.4 Å². The molecule has 2 heterocycles. The van der Waals surface area contributed by atoms with Gasteiger partial charge in [0, 0.05) is 36.7 Å². The highest BCUT2D eigenvalue weighted by molar-refractivity contribution is 7.13. The number of nitrogens with one attached hydrogen (secondary N) is 2. The maximum atomic E-state index is 12.1. The van der Waals surface area contributed by atoms with Crippen LogP contribution in [0.4, 0.5) is 5.13 Å². The molecule has 1 amide bonds. The maximum Gasteiger partial charge on any atom is 0.226 e. The molecular formula is C18H25N5OS. The van der Waals surface area contributed by atoms with Gasteiger partial charge in [-0.05, 0) is 19.8 Å². The summed E-state index contributed by atoms with van der Waals surface area (Å²) in [7, 11) is 0. The van der Waals surface area contributed by atoms with Gasteiger partial charge in [0.15, 0.2) is 10.8 Å². The molecule has 0 aromatic carbocycles. The zero-order valence-electron chi connectivity index (χ0n) is 14.7. The second kappa shape index (κ2) is 7.52. The Morgan fingerprint density at radius 2 is 2.12 bits per heavy atom. The Hall–Kier alpha value is -1.94. The average Bonchev–Trinajstić information content (AvgIpc) is 2.99. The van der Waals surface area contributed by atoms with Gasteiger partial charge in [-0.1, -0.05) is 12.8 Å². The number of hydrogen-bond acceptors (Lipinski definition) is 6. The third kappa shape index (κ3) is 5.02. The second-order valence-electron chi connectivity index (χ2n) is 7.20. The summed E-state index contributed by atoms with van der Waals surface area (Å²) in [4.78, 5) is 16.6. The highest BCUT2D eigenvalue weighted by atomic mass is 32.1. The van der Waals surface area contributed by atoms with Crippen LogP contribution in [-0.4, -0.2) is 28.6 Å². The van der Waals surface area contributed by atoms with Crippen LogP contribution in [0.1, 0.15) is 57.6 Å². The van der Waals surface area contributed by atoms with Crippen molar-refractivity contribution in [3.8, 4) is 12.3 Å². The van der Waals surface area contributed by atoms with Crippen molar-refractivity contribution in [2.45, 2.75) is 69.5 Å². The van der Waals surface area contributed by atoms with Gasteiger partial charge < -0.3 is 10.6 Å². The van der Waals surface area contributed by atoms with E-state index in [9.17, 15) is 4.79 Å². The Bertz CT molecular complexity index is 678. The summed E-state index contributed by atoms with van der Waals surface area (Å²) >= 11 is 1.57. The molecule has 134 valence electrons. The van der Waals surface area contributed by atoms with Gasteiger partial charge in [0.05, 0.1) is 12.1 Å². The first kappa shape index (κ1) is 17.9. The van der Waals surface area contributed by atoms with Gasteiger partial charge in [-0.3, -0.25) is 4.79 Å². The Morgan fingerprint density at radius 3 is 2.80 bits per heavy atom. The number of hydrogen-bond donors (Lipinski definition) is 2. The van der Waals surface area contributed by atoms with Gasteiger partial charge in [0.25, 0.3) is 0 Å². The fourth-order valence-corrected chi connectivity index (χ4v) is 4.14. The highest BCUT2D eigenvalue weighted by Crippen LogP contribution is 2.36. The maximum absolute atomic E-state index is 12.1. The van der Waals surface area contributed by atoms with Crippen LogP contribution < -0.4 is 10.6 Å². The van der Waals surface area contributed by atoms with Crippen molar-refractivity contribution in [1.82, 2.24) is 10.3 Å². The van der Waals surface area contributed by atoms with E-state index in [-0.39, 0.29) is 17.1 Å². The number of nitrogens with zero attached hydrogens (tertiary/aromatic N) is 3. The lowest BCUT2D eigenvalue weighted by Crippen LogP contribution is -2.31. The summed E-state index contributed by atoms with van der Waals surface area (Å²) in [5.41, 5.74) is 0.629. The monoisotopic (exact) mass is 359 g/mol. The fraction of sp³-hybridized carbons (Fsp3) is 0.667. The molecule has 0 bridgehead atoms. The number of anilines is 1. The van der Waals surface area contributed by atoms with Crippen LogP contribution in [0.25, 0.3) is 0 Å². The topological polar surface area (TPSA) is 78.7 Å². The van der Waals surface area contributed by atoms with Crippen LogP contribution in [-0.2, 0) is 11.2 Å². The molecule has 2 aliphatic rings. The smallest absolute Gasteiger partial charge is 0.226 e. The Balaban J connectivity index is 1.39. The molecule has 1 fully saturated rings. The van der Waals surface area contributed by atoms with E-state index in [1.54, 1.807) is 11.3 Å². The zero-order chi connectivity index (χ0) is 17.8. The number of terminal acetylenes is 1. The van der Waals surface area contributed by atoms with E-state index < -0.39 is 0 Å². The summed E-state index contributed by atoms with van der Waals surface area (Å²) < 4.78 is 0. The number of thiazole rings is 1. The van der Waals surface area contributed by atoms with Crippen molar-refractivity contribution in [3.05, 3.63) is 11.1 Å². The van der Waals surface area contributed by atoms with E-state index in [1.165, 1.54) is 25.7 Å². The Morgan fingerprint density at radius 1 is 1.36 bits per heavy atom. The predicted molar refractivity (Wildman–Crippen MR) is 99.6 cm³/mol. The first-order valence-electron chi connectivity index (χ1n) is 8.89. The van der Waals surface area contributed by atoms with Crippen LogP contribution >= 0.6 is 11.3 Å². The summed E-state index contributed by atoms with van der Waals surface area (Å²) in [6.45, 7) is 2.81. The number of amides is 1.